The lowest BCUT2D eigenvalue weighted by Crippen LogP contribution is -2.22. The Morgan fingerprint density at radius 3 is 2.52 bits per heavy atom. The van der Waals surface area contributed by atoms with Gasteiger partial charge < -0.3 is 19.7 Å². The SMILES string of the molecule is CC(C)(O)CCOc1cc(C(F)(F)F)c(-c2ccc(F)c(COc3cc4c(cn3)[C@H]3C[C@@]3(C(=O)O)CC4)c2)cn1. The normalized spacial score (nSPS) is 19.9. The molecule has 2 aliphatic carbocycles. The van der Waals surface area contributed by atoms with Crippen LogP contribution in [0.3, 0.4) is 0 Å². The number of aromatic nitrogens is 2. The van der Waals surface area contributed by atoms with E-state index in [4.69, 9.17) is 9.47 Å². The Morgan fingerprint density at radius 1 is 1.10 bits per heavy atom. The molecule has 7 nitrogen and oxygen atoms in total. The van der Waals surface area contributed by atoms with E-state index >= 15 is 0 Å². The first-order valence-electron chi connectivity index (χ1n) is 12.8. The van der Waals surface area contributed by atoms with E-state index in [9.17, 15) is 32.6 Å². The van der Waals surface area contributed by atoms with Crippen LogP contribution in [0.2, 0.25) is 0 Å². The van der Waals surface area contributed by atoms with Crippen molar-refractivity contribution in [2.45, 2.75) is 63.8 Å². The number of hydrogen-bond acceptors (Lipinski definition) is 6. The van der Waals surface area contributed by atoms with Crippen molar-refractivity contribution in [1.82, 2.24) is 9.97 Å². The average Bonchev–Trinajstić information content (AvgIpc) is 3.64. The lowest BCUT2D eigenvalue weighted by Gasteiger charge is -2.21. The number of aryl methyl sites for hydroxylation is 1. The molecule has 212 valence electrons. The Bertz CT molecular complexity index is 1450. The van der Waals surface area contributed by atoms with Gasteiger partial charge in [-0.2, -0.15) is 13.2 Å². The van der Waals surface area contributed by atoms with Crippen molar-refractivity contribution in [3.8, 4) is 22.9 Å². The summed E-state index contributed by atoms with van der Waals surface area (Å²) in [5.74, 6) is -1.54. The predicted octanol–water partition coefficient (Wildman–Crippen LogP) is 5.92. The molecule has 0 radical (unpaired) electrons. The molecule has 40 heavy (non-hydrogen) atoms. The minimum absolute atomic E-state index is 0.0248. The first kappa shape index (κ1) is 27.8. The van der Waals surface area contributed by atoms with Gasteiger partial charge in [-0.1, -0.05) is 6.07 Å². The van der Waals surface area contributed by atoms with Gasteiger partial charge >= 0.3 is 12.1 Å². The predicted molar refractivity (Wildman–Crippen MR) is 135 cm³/mol. The van der Waals surface area contributed by atoms with Crippen LogP contribution in [0.5, 0.6) is 11.8 Å². The molecule has 2 aromatic heterocycles. The summed E-state index contributed by atoms with van der Waals surface area (Å²) in [6.07, 6.45) is -0.243. The number of fused-ring (bicyclic) bond motifs is 3. The van der Waals surface area contributed by atoms with Crippen molar-refractivity contribution >= 4 is 5.97 Å². The molecule has 2 N–H and O–H groups in total. The highest BCUT2D eigenvalue weighted by Crippen LogP contribution is 2.65. The molecular weight excluding hydrogens is 532 g/mol. The van der Waals surface area contributed by atoms with Crippen LogP contribution in [0.4, 0.5) is 17.6 Å². The molecule has 1 saturated carbocycles. The number of aliphatic hydroxyl groups is 1. The van der Waals surface area contributed by atoms with Crippen LogP contribution in [0.1, 0.15) is 61.3 Å². The third-order valence-electron chi connectivity index (χ3n) is 7.60. The van der Waals surface area contributed by atoms with Crippen molar-refractivity contribution in [3.63, 3.8) is 0 Å². The largest absolute Gasteiger partial charge is 0.481 e. The van der Waals surface area contributed by atoms with Gasteiger partial charge in [0.05, 0.1) is 23.2 Å². The second kappa shape index (κ2) is 10.0. The molecule has 0 spiro atoms. The number of rotatable bonds is 9. The highest BCUT2D eigenvalue weighted by Gasteiger charge is 2.62. The topological polar surface area (TPSA) is 102 Å². The summed E-state index contributed by atoms with van der Waals surface area (Å²) in [4.78, 5) is 19.9. The number of hydrogen-bond donors (Lipinski definition) is 2. The van der Waals surface area contributed by atoms with Crippen LogP contribution >= 0.6 is 0 Å². The van der Waals surface area contributed by atoms with Gasteiger partial charge in [0.1, 0.15) is 12.4 Å². The zero-order chi connectivity index (χ0) is 28.9. The molecule has 0 amide bonds. The number of aliphatic carboxylic acids is 1. The number of ether oxygens (including phenoxy) is 2. The average molecular weight is 561 g/mol. The maximum atomic E-state index is 14.6. The molecule has 0 bridgehead atoms. The Hall–Kier alpha value is -3.73. The maximum Gasteiger partial charge on any atom is 0.417 e. The van der Waals surface area contributed by atoms with E-state index in [0.29, 0.717) is 19.3 Å². The first-order chi connectivity index (χ1) is 18.8. The molecule has 3 aromatic rings. The second-order valence-corrected chi connectivity index (χ2v) is 11.0. The molecular formula is C29H28F4N2O5. The van der Waals surface area contributed by atoms with Crippen LogP contribution < -0.4 is 9.47 Å². The Kier molecular flexibility index (Phi) is 6.98. The van der Waals surface area contributed by atoms with Crippen LogP contribution in [-0.4, -0.2) is 38.4 Å². The molecule has 5 rings (SSSR count). The van der Waals surface area contributed by atoms with Crippen molar-refractivity contribution in [3.05, 3.63) is 70.8 Å². The first-order valence-corrected chi connectivity index (χ1v) is 12.8. The van der Waals surface area contributed by atoms with Crippen molar-refractivity contribution < 1.29 is 42.0 Å². The summed E-state index contributed by atoms with van der Waals surface area (Å²) in [6.45, 7) is 2.82. The van der Waals surface area contributed by atoms with E-state index in [0.717, 1.165) is 29.5 Å². The third kappa shape index (κ3) is 5.60. The molecule has 0 saturated heterocycles. The Morgan fingerprint density at radius 2 is 1.82 bits per heavy atom. The van der Waals surface area contributed by atoms with Gasteiger partial charge in [-0.3, -0.25) is 4.79 Å². The van der Waals surface area contributed by atoms with Gasteiger partial charge in [0.2, 0.25) is 11.8 Å². The minimum Gasteiger partial charge on any atom is -0.481 e. The zero-order valence-electron chi connectivity index (χ0n) is 21.9. The number of halogens is 4. The lowest BCUT2D eigenvalue weighted by atomic mass is 9.84. The van der Waals surface area contributed by atoms with Gasteiger partial charge in [-0.15, -0.1) is 0 Å². The summed E-state index contributed by atoms with van der Waals surface area (Å²) >= 11 is 0. The third-order valence-corrected chi connectivity index (χ3v) is 7.60. The fourth-order valence-corrected chi connectivity index (χ4v) is 5.17. The van der Waals surface area contributed by atoms with Gasteiger partial charge in [0.25, 0.3) is 0 Å². The molecule has 2 heterocycles. The highest BCUT2D eigenvalue weighted by molar-refractivity contribution is 5.81. The number of benzene rings is 1. The minimum atomic E-state index is -4.73. The van der Waals surface area contributed by atoms with E-state index in [1.165, 1.54) is 12.1 Å². The summed E-state index contributed by atoms with van der Waals surface area (Å²) < 4.78 is 67.5. The zero-order valence-corrected chi connectivity index (χ0v) is 21.9. The van der Waals surface area contributed by atoms with Crippen molar-refractivity contribution in [1.29, 1.82) is 0 Å². The number of carboxylic acid groups (broad SMARTS) is 1. The lowest BCUT2D eigenvalue weighted by molar-refractivity contribution is -0.144. The standard InChI is InChI=1S/C29H28F4N2O5/c1-27(2,38)7-8-39-25-11-21(29(31,32)33)19(13-35-25)16-3-4-23(30)18(9-16)15-40-24-10-17-5-6-28(26(36)37)12-22(28)20(17)14-34-24/h3-4,9-11,13-14,22,38H,5-8,12,15H2,1-2H3,(H,36,37)/t22-,28+/m1/s1. The van der Waals surface area contributed by atoms with Gasteiger partial charge in [-0.05, 0) is 61.9 Å². The molecule has 2 atom stereocenters. The number of pyridine rings is 2. The highest BCUT2D eigenvalue weighted by atomic mass is 19.4. The summed E-state index contributed by atoms with van der Waals surface area (Å²) in [5, 5.41) is 19.3. The van der Waals surface area contributed by atoms with Crippen LogP contribution in [-0.2, 0) is 24.0 Å². The fourth-order valence-electron chi connectivity index (χ4n) is 5.17. The van der Waals surface area contributed by atoms with Crippen molar-refractivity contribution in [2.75, 3.05) is 6.61 Å². The molecule has 1 fully saturated rings. The van der Waals surface area contributed by atoms with E-state index in [1.54, 1.807) is 26.1 Å². The van der Waals surface area contributed by atoms with E-state index < -0.39 is 34.5 Å². The summed E-state index contributed by atoms with van der Waals surface area (Å²) in [6, 6.07) is 6.08. The van der Waals surface area contributed by atoms with E-state index in [-0.39, 0.29) is 54.0 Å². The van der Waals surface area contributed by atoms with Crippen LogP contribution in [0.15, 0.2) is 42.7 Å². The monoisotopic (exact) mass is 560 g/mol. The Balaban J connectivity index is 1.34. The number of carboxylic acids is 1. The smallest absolute Gasteiger partial charge is 0.417 e. The van der Waals surface area contributed by atoms with Crippen LogP contribution in [0.25, 0.3) is 11.1 Å². The molecule has 0 unspecified atom stereocenters. The van der Waals surface area contributed by atoms with Gasteiger partial charge in [0.15, 0.2) is 0 Å². The molecule has 2 aliphatic rings. The van der Waals surface area contributed by atoms with Gasteiger partial charge in [-0.25, -0.2) is 14.4 Å². The summed E-state index contributed by atoms with van der Waals surface area (Å²) in [5.41, 5.74) is -1.04. The van der Waals surface area contributed by atoms with E-state index in [1.807, 2.05) is 0 Å². The summed E-state index contributed by atoms with van der Waals surface area (Å²) in [7, 11) is 0. The van der Waals surface area contributed by atoms with Crippen LogP contribution in [0, 0.1) is 11.2 Å². The number of nitrogens with zero attached hydrogens (tertiary/aromatic N) is 2. The van der Waals surface area contributed by atoms with Crippen molar-refractivity contribution in [2.24, 2.45) is 5.41 Å². The molecule has 1 aromatic carbocycles. The fraction of sp³-hybridized carbons (Fsp3) is 0.414. The number of carbonyl (C=O) groups is 1. The van der Waals surface area contributed by atoms with E-state index in [2.05, 4.69) is 9.97 Å². The second-order valence-electron chi connectivity index (χ2n) is 11.0. The quantitative estimate of drug-likeness (QED) is 0.313. The molecule has 0 aliphatic heterocycles. The maximum absolute atomic E-state index is 14.6. The van der Waals surface area contributed by atoms with Gasteiger partial charge in [0, 0.05) is 48.0 Å². The number of alkyl halides is 3. The molecule has 11 heteroatoms. The Labute approximate surface area is 227 Å².